The third kappa shape index (κ3) is 5.72. The minimum atomic E-state index is -1.35. The maximum absolute atomic E-state index is 11.8. The lowest BCUT2D eigenvalue weighted by molar-refractivity contribution is 0.0488. The fourth-order valence-corrected chi connectivity index (χ4v) is 1.81. The fraction of sp³-hybridized carbons (Fsp3) is 0.562. The molecule has 0 saturated carbocycles. The molecule has 0 amide bonds. The van der Waals surface area contributed by atoms with Crippen molar-refractivity contribution in [2.75, 3.05) is 13.2 Å². The summed E-state index contributed by atoms with van der Waals surface area (Å²) in [5.74, 6) is 0.424. The molecule has 0 heterocycles. The highest BCUT2D eigenvalue weighted by atomic mass is 16.5. The van der Waals surface area contributed by atoms with Gasteiger partial charge in [0.05, 0.1) is 6.61 Å². The van der Waals surface area contributed by atoms with E-state index in [0.29, 0.717) is 12.2 Å². The van der Waals surface area contributed by atoms with Crippen LogP contribution in [0, 0.1) is 0 Å². The van der Waals surface area contributed by atoms with E-state index in [2.05, 4.69) is 0 Å². The summed E-state index contributed by atoms with van der Waals surface area (Å²) in [4.78, 5) is 11.8. The second kappa shape index (κ2) is 8.02. The second-order valence-electron chi connectivity index (χ2n) is 5.40. The molecule has 0 saturated heterocycles. The van der Waals surface area contributed by atoms with Crippen LogP contribution in [0.2, 0.25) is 0 Å². The average molecular weight is 280 g/mol. The number of benzene rings is 1. The maximum atomic E-state index is 11.8. The van der Waals surface area contributed by atoms with E-state index >= 15 is 0 Å². The fourth-order valence-electron chi connectivity index (χ4n) is 1.81. The minimum absolute atomic E-state index is 0.248. The third-order valence-corrected chi connectivity index (χ3v) is 2.99. The summed E-state index contributed by atoms with van der Waals surface area (Å²) in [6, 6.07) is 6.82. The monoisotopic (exact) mass is 280 g/mol. The third-order valence-electron chi connectivity index (χ3n) is 2.99. The number of ether oxygens (including phenoxy) is 1. The van der Waals surface area contributed by atoms with Crippen molar-refractivity contribution in [2.24, 2.45) is 0 Å². The molecule has 0 atom stereocenters. The van der Waals surface area contributed by atoms with Crippen LogP contribution in [0.5, 0.6) is 5.75 Å². The lowest BCUT2D eigenvalue weighted by atomic mass is 9.97. The van der Waals surface area contributed by atoms with Gasteiger partial charge in [0.25, 0.3) is 0 Å². The van der Waals surface area contributed by atoms with E-state index in [9.17, 15) is 9.90 Å². The lowest BCUT2D eigenvalue weighted by Crippen LogP contribution is -2.30. The zero-order chi connectivity index (χ0) is 15.0. The zero-order valence-electron chi connectivity index (χ0n) is 12.3. The molecule has 0 aliphatic carbocycles. The summed E-state index contributed by atoms with van der Waals surface area (Å²) >= 11 is 0. The van der Waals surface area contributed by atoms with E-state index in [-0.39, 0.29) is 12.4 Å². The van der Waals surface area contributed by atoms with Crippen LogP contribution in [-0.4, -0.2) is 34.8 Å². The smallest absolute Gasteiger partial charge is 0.193 e. The van der Waals surface area contributed by atoms with Crippen molar-refractivity contribution in [1.29, 1.82) is 0 Å². The molecule has 0 bridgehead atoms. The molecule has 0 aliphatic rings. The number of hydrogen-bond acceptors (Lipinski definition) is 4. The SMILES string of the molecule is CC(C)(O)C(=O)c1ccc(OCCCCCCO)cc1. The van der Waals surface area contributed by atoms with Crippen LogP contribution in [0.4, 0.5) is 0 Å². The number of hydrogen-bond donors (Lipinski definition) is 2. The van der Waals surface area contributed by atoms with Gasteiger partial charge in [-0.2, -0.15) is 0 Å². The van der Waals surface area contributed by atoms with Crippen LogP contribution < -0.4 is 4.74 Å². The van der Waals surface area contributed by atoms with Gasteiger partial charge in [-0.15, -0.1) is 0 Å². The van der Waals surface area contributed by atoms with Gasteiger partial charge < -0.3 is 14.9 Å². The first-order valence-electron chi connectivity index (χ1n) is 7.06. The van der Waals surface area contributed by atoms with E-state index < -0.39 is 5.60 Å². The van der Waals surface area contributed by atoms with Gasteiger partial charge >= 0.3 is 0 Å². The van der Waals surface area contributed by atoms with Crippen LogP contribution in [0.3, 0.4) is 0 Å². The maximum Gasteiger partial charge on any atom is 0.193 e. The van der Waals surface area contributed by atoms with Gasteiger partial charge in [0.15, 0.2) is 5.78 Å². The van der Waals surface area contributed by atoms with E-state index in [1.165, 1.54) is 13.8 Å². The summed E-state index contributed by atoms with van der Waals surface area (Å²) in [7, 11) is 0. The molecule has 0 fully saturated rings. The van der Waals surface area contributed by atoms with Crippen molar-refractivity contribution >= 4 is 5.78 Å². The minimum Gasteiger partial charge on any atom is -0.494 e. The van der Waals surface area contributed by atoms with Crippen LogP contribution in [0.25, 0.3) is 0 Å². The van der Waals surface area contributed by atoms with Crippen molar-refractivity contribution in [2.45, 2.75) is 45.1 Å². The molecule has 0 aromatic heterocycles. The van der Waals surface area contributed by atoms with Crippen molar-refractivity contribution in [3.63, 3.8) is 0 Å². The van der Waals surface area contributed by atoms with Crippen molar-refractivity contribution in [3.8, 4) is 5.75 Å². The summed E-state index contributed by atoms with van der Waals surface area (Å²) in [5, 5.41) is 18.3. The number of unbranched alkanes of at least 4 members (excludes halogenated alkanes) is 3. The highest BCUT2D eigenvalue weighted by Gasteiger charge is 2.24. The van der Waals surface area contributed by atoms with Crippen LogP contribution in [0.1, 0.15) is 49.9 Å². The first kappa shape index (κ1) is 16.7. The molecule has 0 spiro atoms. The van der Waals surface area contributed by atoms with Crippen molar-refractivity contribution in [1.82, 2.24) is 0 Å². The quantitative estimate of drug-likeness (QED) is 0.539. The molecule has 0 radical (unpaired) electrons. The Bertz CT molecular complexity index is 403. The van der Waals surface area contributed by atoms with Crippen molar-refractivity contribution in [3.05, 3.63) is 29.8 Å². The van der Waals surface area contributed by atoms with Crippen molar-refractivity contribution < 1.29 is 19.7 Å². The Hall–Kier alpha value is -1.39. The molecule has 4 heteroatoms. The summed E-state index contributed by atoms with van der Waals surface area (Å²) in [5.41, 5.74) is -0.873. The highest BCUT2D eigenvalue weighted by molar-refractivity contribution is 6.01. The molecule has 112 valence electrons. The van der Waals surface area contributed by atoms with Gasteiger partial charge in [0, 0.05) is 12.2 Å². The normalized spacial score (nSPS) is 11.4. The molecule has 0 aliphatic heterocycles. The molecule has 1 rings (SSSR count). The Morgan fingerprint density at radius 2 is 1.70 bits per heavy atom. The lowest BCUT2D eigenvalue weighted by Gasteiger charge is -2.15. The molecule has 20 heavy (non-hydrogen) atoms. The standard InChI is InChI=1S/C16H24O4/c1-16(2,19)15(18)13-7-9-14(10-8-13)20-12-6-4-3-5-11-17/h7-10,17,19H,3-6,11-12H2,1-2H3. The van der Waals surface area contributed by atoms with Crippen LogP contribution >= 0.6 is 0 Å². The van der Waals surface area contributed by atoms with Gasteiger partial charge in [-0.3, -0.25) is 4.79 Å². The Morgan fingerprint density at radius 3 is 2.25 bits per heavy atom. The summed E-state index contributed by atoms with van der Waals surface area (Å²) < 4.78 is 5.57. The number of aliphatic hydroxyl groups excluding tert-OH is 1. The van der Waals surface area contributed by atoms with Gasteiger partial charge in [-0.25, -0.2) is 0 Å². The molecule has 2 N–H and O–H groups in total. The number of carbonyl (C=O) groups is 1. The summed E-state index contributed by atoms with van der Waals surface area (Å²) in [6.07, 6.45) is 3.84. The van der Waals surface area contributed by atoms with E-state index in [1.54, 1.807) is 24.3 Å². The Kier molecular flexibility index (Phi) is 6.68. The van der Waals surface area contributed by atoms with E-state index in [0.717, 1.165) is 31.4 Å². The van der Waals surface area contributed by atoms with E-state index in [1.807, 2.05) is 0 Å². The van der Waals surface area contributed by atoms with E-state index in [4.69, 9.17) is 9.84 Å². The summed E-state index contributed by atoms with van der Waals surface area (Å²) in [6.45, 7) is 3.83. The molecule has 4 nitrogen and oxygen atoms in total. The average Bonchev–Trinajstić information content (AvgIpc) is 2.41. The first-order chi connectivity index (χ1) is 9.45. The number of rotatable bonds is 9. The molecular weight excluding hydrogens is 256 g/mol. The number of Topliss-reactive ketones (excluding diaryl/α,β-unsaturated/α-hetero) is 1. The largest absolute Gasteiger partial charge is 0.494 e. The first-order valence-corrected chi connectivity index (χ1v) is 7.06. The Balaban J connectivity index is 2.38. The van der Waals surface area contributed by atoms with Gasteiger partial charge in [-0.1, -0.05) is 6.42 Å². The topological polar surface area (TPSA) is 66.8 Å². The Morgan fingerprint density at radius 1 is 1.10 bits per heavy atom. The second-order valence-corrected chi connectivity index (χ2v) is 5.40. The molecule has 1 aromatic rings. The predicted octanol–water partition coefficient (Wildman–Crippen LogP) is 2.57. The van der Waals surface area contributed by atoms with Crippen LogP contribution in [-0.2, 0) is 0 Å². The zero-order valence-corrected chi connectivity index (χ0v) is 12.3. The van der Waals surface area contributed by atoms with Gasteiger partial charge in [-0.05, 0) is 57.4 Å². The van der Waals surface area contributed by atoms with Gasteiger partial charge in [0.2, 0.25) is 0 Å². The number of aliphatic hydroxyl groups is 2. The molecule has 0 unspecified atom stereocenters. The Labute approximate surface area is 120 Å². The highest BCUT2D eigenvalue weighted by Crippen LogP contribution is 2.17. The van der Waals surface area contributed by atoms with Crippen LogP contribution in [0.15, 0.2) is 24.3 Å². The molecule has 1 aromatic carbocycles. The number of ketones is 1. The molecular formula is C16H24O4. The van der Waals surface area contributed by atoms with Gasteiger partial charge in [0.1, 0.15) is 11.4 Å². The number of carbonyl (C=O) groups excluding carboxylic acids is 1. The predicted molar refractivity (Wildman–Crippen MR) is 78.1 cm³/mol.